The molecule has 0 spiro atoms. The maximum Gasteiger partial charge on any atom is 0.240 e. The van der Waals surface area contributed by atoms with Crippen molar-refractivity contribution in [2.75, 3.05) is 20.6 Å². The first-order valence-corrected chi connectivity index (χ1v) is 8.70. The number of benzene rings is 1. The molecule has 0 aliphatic carbocycles. The Morgan fingerprint density at radius 3 is 2.36 bits per heavy atom. The zero-order valence-electron chi connectivity index (χ0n) is 12.8. The standard InChI is InChI=1S/C15H20ClN3O2S/c1-18(2)15(14-5-4-10-19(14)3)11-17-22(20,21)13-8-6-12(16)7-9-13/h4-10,15,17H,11H2,1-3H3. The van der Waals surface area contributed by atoms with E-state index in [1.54, 1.807) is 12.1 Å². The van der Waals surface area contributed by atoms with Crippen molar-refractivity contribution in [2.24, 2.45) is 7.05 Å². The molecule has 7 heteroatoms. The summed E-state index contributed by atoms with van der Waals surface area (Å²) >= 11 is 5.79. The Labute approximate surface area is 136 Å². The molecule has 1 heterocycles. The van der Waals surface area contributed by atoms with E-state index in [1.165, 1.54) is 12.1 Å². The fraction of sp³-hybridized carbons (Fsp3) is 0.333. The second-order valence-corrected chi connectivity index (χ2v) is 7.53. The van der Waals surface area contributed by atoms with E-state index >= 15 is 0 Å². The molecule has 0 aliphatic rings. The van der Waals surface area contributed by atoms with Crippen LogP contribution in [0.2, 0.25) is 5.02 Å². The molecule has 2 rings (SSSR count). The third kappa shape index (κ3) is 3.89. The van der Waals surface area contributed by atoms with E-state index in [0.717, 1.165) is 5.69 Å². The van der Waals surface area contributed by atoms with Crippen molar-refractivity contribution in [3.8, 4) is 0 Å². The van der Waals surface area contributed by atoms with Crippen LogP contribution in [0.15, 0.2) is 47.5 Å². The van der Waals surface area contributed by atoms with Gasteiger partial charge in [-0.1, -0.05) is 11.6 Å². The zero-order valence-corrected chi connectivity index (χ0v) is 14.4. The van der Waals surface area contributed by atoms with Crippen LogP contribution in [0.3, 0.4) is 0 Å². The number of aromatic nitrogens is 1. The molecule has 0 saturated carbocycles. The molecule has 0 saturated heterocycles. The minimum atomic E-state index is -3.55. The molecule has 1 N–H and O–H groups in total. The average Bonchev–Trinajstić information content (AvgIpc) is 2.85. The van der Waals surface area contributed by atoms with Gasteiger partial charge in [-0.05, 0) is 50.5 Å². The van der Waals surface area contributed by atoms with E-state index in [0.29, 0.717) is 5.02 Å². The van der Waals surface area contributed by atoms with E-state index in [9.17, 15) is 8.42 Å². The Bertz CT molecular complexity index is 724. The van der Waals surface area contributed by atoms with Crippen LogP contribution >= 0.6 is 11.6 Å². The van der Waals surface area contributed by atoms with E-state index < -0.39 is 10.0 Å². The molecule has 1 aromatic carbocycles. The van der Waals surface area contributed by atoms with Gasteiger partial charge >= 0.3 is 0 Å². The van der Waals surface area contributed by atoms with Crippen molar-refractivity contribution in [3.63, 3.8) is 0 Å². The van der Waals surface area contributed by atoms with Gasteiger partial charge in [-0.15, -0.1) is 0 Å². The van der Waals surface area contributed by atoms with Gasteiger partial charge < -0.3 is 4.57 Å². The minimum Gasteiger partial charge on any atom is -0.353 e. The summed E-state index contributed by atoms with van der Waals surface area (Å²) in [6, 6.07) is 10.0. The Morgan fingerprint density at radius 1 is 1.23 bits per heavy atom. The van der Waals surface area contributed by atoms with Crippen LogP contribution in [0.5, 0.6) is 0 Å². The molecule has 0 fully saturated rings. The van der Waals surface area contributed by atoms with E-state index in [1.807, 2.05) is 48.9 Å². The van der Waals surface area contributed by atoms with Crippen molar-refractivity contribution in [2.45, 2.75) is 10.9 Å². The molecule has 0 bridgehead atoms. The minimum absolute atomic E-state index is 0.0536. The van der Waals surface area contributed by atoms with Crippen molar-refractivity contribution in [1.82, 2.24) is 14.2 Å². The summed E-state index contributed by atoms with van der Waals surface area (Å²) in [4.78, 5) is 2.20. The number of likely N-dealkylation sites (N-methyl/N-ethyl adjacent to an activating group) is 1. The van der Waals surface area contributed by atoms with Crippen LogP contribution in [0.1, 0.15) is 11.7 Å². The van der Waals surface area contributed by atoms with Crippen LogP contribution < -0.4 is 4.72 Å². The zero-order chi connectivity index (χ0) is 16.3. The summed E-state index contributed by atoms with van der Waals surface area (Å²) in [7, 11) is 2.24. The summed E-state index contributed by atoms with van der Waals surface area (Å²) in [5.41, 5.74) is 1.05. The smallest absolute Gasteiger partial charge is 0.240 e. The molecule has 120 valence electrons. The van der Waals surface area contributed by atoms with Gasteiger partial charge in [0.2, 0.25) is 10.0 Å². The fourth-order valence-corrected chi connectivity index (χ4v) is 3.42. The quantitative estimate of drug-likeness (QED) is 0.876. The summed E-state index contributed by atoms with van der Waals surface area (Å²) in [5.74, 6) is 0. The lowest BCUT2D eigenvalue weighted by Gasteiger charge is -2.25. The second-order valence-electron chi connectivity index (χ2n) is 5.33. The molecule has 0 amide bonds. The maximum absolute atomic E-state index is 12.3. The monoisotopic (exact) mass is 341 g/mol. The Morgan fingerprint density at radius 2 is 1.86 bits per heavy atom. The molecule has 5 nitrogen and oxygen atoms in total. The summed E-state index contributed by atoms with van der Waals surface area (Å²) < 4.78 is 29.3. The van der Waals surface area contributed by atoms with Gasteiger partial charge in [0.25, 0.3) is 0 Å². The van der Waals surface area contributed by atoms with E-state index in [-0.39, 0.29) is 17.5 Å². The Balaban J connectivity index is 2.15. The van der Waals surface area contributed by atoms with Crippen LogP contribution in [0, 0.1) is 0 Å². The van der Waals surface area contributed by atoms with Crippen LogP contribution in [-0.4, -0.2) is 38.5 Å². The van der Waals surface area contributed by atoms with Crippen LogP contribution in [0.4, 0.5) is 0 Å². The molecule has 1 unspecified atom stereocenters. The summed E-state index contributed by atoms with van der Waals surface area (Å²) in [6.07, 6.45) is 1.94. The lowest BCUT2D eigenvalue weighted by Crippen LogP contribution is -2.35. The predicted molar refractivity (Wildman–Crippen MR) is 88.5 cm³/mol. The van der Waals surface area contributed by atoms with Crippen LogP contribution in [-0.2, 0) is 17.1 Å². The van der Waals surface area contributed by atoms with Crippen molar-refractivity contribution in [1.29, 1.82) is 0 Å². The van der Waals surface area contributed by atoms with E-state index in [4.69, 9.17) is 11.6 Å². The molecular formula is C15H20ClN3O2S. The fourth-order valence-electron chi connectivity index (χ4n) is 2.26. The molecule has 2 aromatic rings. The van der Waals surface area contributed by atoms with Gasteiger partial charge in [0.15, 0.2) is 0 Å². The molecule has 0 aliphatic heterocycles. The molecule has 0 radical (unpaired) electrons. The largest absolute Gasteiger partial charge is 0.353 e. The normalized spacial score (nSPS) is 13.5. The highest BCUT2D eigenvalue weighted by Crippen LogP contribution is 2.19. The summed E-state index contributed by atoms with van der Waals surface area (Å²) in [5, 5.41) is 0.508. The van der Waals surface area contributed by atoms with Crippen LogP contribution in [0.25, 0.3) is 0 Å². The number of sulfonamides is 1. The topological polar surface area (TPSA) is 54.3 Å². The number of hydrogen-bond acceptors (Lipinski definition) is 3. The number of nitrogens with zero attached hydrogens (tertiary/aromatic N) is 2. The van der Waals surface area contributed by atoms with Gasteiger partial charge in [0.1, 0.15) is 0 Å². The van der Waals surface area contributed by atoms with Gasteiger partial charge in [-0.25, -0.2) is 13.1 Å². The first-order chi connectivity index (χ1) is 10.3. The van der Waals surface area contributed by atoms with Gasteiger partial charge in [-0.3, -0.25) is 4.90 Å². The van der Waals surface area contributed by atoms with Crippen molar-refractivity contribution in [3.05, 3.63) is 53.3 Å². The highest BCUT2D eigenvalue weighted by atomic mass is 35.5. The predicted octanol–water partition coefficient (Wildman–Crippen LogP) is 2.26. The lowest BCUT2D eigenvalue weighted by molar-refractivity contribution is 0.289. The number of hydrogen-bond donors (Lipinski definition) is 1. The Kier molecular flexibility index (Phi) is 5.28. The number of rotatable bonds is 6. The van der Waals surface area contributed by atoms with Gasteiger partial charge in [0, 0.05) is 30.5 Å². The summed E-state index contributed by atoms with van der Waals surface area (Å²) in [6.45, 7) is 0.288. The molecule has 1 aromatic heterocycles. The lowest BCUT2D eigenvalue weighted by atomic mass is 10.2. The first-order valence-electron chi connectivity index (χ1n) is 6.84. The number of halogens is 1. The molecule has 22 heavy (non-hydrogen) atoms. The van der Waals surface area contributed by atoms with Gasteiger partial charge in [-0.2, -0.15) is 0 Å². The second kappa shape index (κ2) is 6.83. The molecular weight excluding hydrogens is 322 g/mol. The SMILES string of the molecule is CN(C)C(CNS(=O)(=O)c1ccc(Cl)cc1)c1cccn1C. The average molecular weight is 342 g/mol. The number of nitrogens with one attached hydrogen (secondary N) is 1. The van der Waals surface area contributed by atoms with Gasteiger partial charge in [0.05, 0.1) is 10.9 Å². The first kappa shape index (κ1) is 17.0. The maximum atomic E-state index is 12.3. The Hall–Kier alpha value is -1.34. The van der Waals surface area contributed by atoms with E-state index in [2.05, 4.69) is 4.72 Å². The third-order valence-electron chi connectivity index (χ3n) is 3.54. The highest BCUT2D eigenvalue weighted by molar-refractivity contribution is 7.89. The van der Waals surface area contributed by atoms with Crippen molar-refractivity contribution >= 4 is 21.6 Å². The number of aryl methyl sites for hydroxylation is 1. The third-order valence-corrected chi connectivity index (χ3v) is 5.23. The van der Waals surface area contributed by atoms with Crippen molar-refractivity contribution < 1.29 is 8.42 Å². The molecule has 1 atom stereocenters. The highest BCUT2D eigenvalue weighted by Gasteiger charge is 2.21.